The Balaban J connectivity index is 1.46. The zero-order valence-corrected chi connectivity index (χ0v) is 18.8. The third-order valence-corrected chi connectivity index (χ3v) is 5.93. The number of aliphatic hydroxyl groups is 1. The highest BCUT2D eigenvalue weighted by Crippen LogP contribution is 2.37. The lowest BCUT2D eigenvalue weighted by Crippen LogP contribution is -2.18. The predicted molar refractivity (Wildman–Crippen MR) is 127 cm³/mol. The average molecular weight is 457 g/mol. The second-order valence-electron chi connectivity index (χ2n) is 8.88. The largest absolute Gasteiger partial charge is 0.423 e. The Morgan fingerprint density at radius 1 is 1.15 bits per heavy atom. The SMILES string of the molecule is CC1(C)Cc2cc(Nc3ncc(-c4nnco4)c(N[C@H](CO)c4ccccc4)n3)ccc2C1=O. The van der Waals surface area contributed by atoms with Crippen molar-refractivity contribution in [2.45, 2.75) is 26.3 Å². The first-order valence-electron chi connectivity index (χ1n) is 11.0. The second-order valence-corrected chi connectivity index (χ2v) is 8.88. The molecule has 0 saturated carbocycles. The summed E-state index contributed by atoms with van der Waals surface area (Å²) >= 11 is 0. The summed E-state index contributed by atoms with van der Waals surface area (Å²) in [5.41, 5.74) is 3.57. The average Bonchev–Trinajstić information content (AvgIpc) is 3.44. The number of benzene rings is 2. The summed E-state index contributed by atoms with van der Waals surface area (Å²) in [4.78, 5) is 21.6. The van der Waals surface area contributed by atoms with Crippen LogP contribution in [0.5, 0.6) is 0 Å². The molecule has 172 valence electrons. The van der Waals surface area contributed by atoms with Crippen LogP contribution in [0.2, 0.25) is 0 Å². The van der Waals surface area contributed by atoms with Gasteiger partial charge in [0, 0.05) is 22.9 Å². The molecule has 2 heterocycles. The molecule has 9 nitrogen and oxygen atoms in total. The molecule has 0 radical (unpaired) electrons. The molecule has 0 unspecified atom stereocenters. The second kappa shape index (κ2) is 8.68. The summed E-state index contributed by atoms with van der Waals surface area (Å²) in [5.74, 6) is 1.20. The van der Waals surface area contributed by atoms with E-state index in [4.69, 9.17) is 4.42 Å². The Morgan fingerprint density at radius 2 is 1.97 bits per heavy atom. The summed E-state index contributed by atoms with van der Waals surface area (Å²) in [6.07, 6.45) is 3.51. The Hall–Kier alpha value is -4.11. The van der Waals surface area contributed by atoms with Gasteiger partial charge in [0.15, 0.2) is 5.78 Å². The molecule has 2 aromatic carbocycles. The van der Waals surface area contributed by atoms with Crippen molar-refractivity contribution in [2.24, 2.45) is 5.41 Å². The van der Waals surface area contributed by atoms with Crippen molar-refractivity contribution in [1.82, 2.24) is 20.2 Å². The number of rotatable bonds is 7. The van der Waals surface area contributed by atoms with Crippen LogP contribution in [-0.4, -0.2) is 37.7 Å². The van der Waals surface area contributed by atoms with E-state index in [0.717, 1.165) is 22.4 Å². The molecule has 0 saturated heterocycles. The highest BCUT2D eigenvalue weighted by molar-refractivity contribution is 6.04. The van der Waals surface area contributed by atoms with E-state index in [1.807, 2.05) is 62.4 Å². The summed E-state index contributed by atoms with van der Waals surface area (Å²) in [7, 11) is 0. The molecule has 0 aliphatic heterocycles. The van der Waals surface area contributed by atoms with Crippen LogP contribution in [-0.2, 0) is 6.42 Å². The zero-order chi connectivity index (χ0) is 23.7. The summed E-state index contributed by atoms with van der Waals surface area (Å²) in [6.45, 7) is 3.78. The highest BCUT2D eigenvalue weighted by atomic mass is 16.4. The first kappa shape index (κ1) is 21.7. The Morgan fingerprint density at radius 3 is 2.71 bits per heavy atom. The first-order chi connectivity index (χ1) is 16.4. The van der Waals surface area contributed by atoms with Crippen LogP contribution < -0.4 is 10.6 Å². The van der Waals surface area contributed by atoms with Crippen molar-refractivity contribution >= 4 is 23.2 Å². The Labute approximate surface area is 196 Å². The van der Waals surface area contributed by atoms with Crippen molar-refractivity contribution in [3.8, 4) is 11.5 Å². The van der Waals surface area contributed by atoms with E-state index >= 15 is 0 Å². The molecule has 0 bridgehead atoms. The minimum atomic E-state index is -0.404. The van der Waals surface area contributed by atoms with Gasteiger partial charge in [0.05, 0.1) is 18.2 Å². The number of anilines is 3. The van der Waals surface area contributed by atoms with Crippen LogP contribution in [0, 0.1) is 5.41 Å². The zero-order valence-electron chi connectivity index (χ0n) is 18.8. The number of hydrogen-bond acceptors (Lipinski definition) is 9. The maximum atomic E-state index is 12.5. The minimum absolute atomic E-state index is 0.144. The summed E-state index contributed by atoms with van der Waals surface area (Å²) in [6, 6.07) is 14.8. The molecule has 0 amide bonds. The van der Waals surface area contributed by atoms with Crippen LogP contribution in [0.15, 0.2) is 65.5 Å². The van der Waals surface area contributed by atoms with E-state index in [-0.39, 0.29) is 18.3 Å². The normalized spacial score (nSPS) is 15.1. The minimum Gasteiger partial charge on any atom is -0.423 e. The molecule has 3 N–H and O–H groups in total. The fraction of sp³-hybridized carbons (Fsp3) is 0.240. The van der Waals surface area contributed by atoms with Gasteiger partial charge in [-0.05, 0) is 35.7 Å². The van der Waals surface area contributed by atoms with Gasteiger partial charge >= 0.3 is 0 Å². The lowest BCUT2D eigenvalue weighted by Gasteiger charge is -2.19. The maximum absolute atomic E-state index is 12.5. The molecular weight excluding hydrogens is 432 g/mol. The molecule has 9 heteroatoms. The summed E-state index contributed by atoms with van der Waals surface area (Å²) < 4.78 is 5.36. The molecule has 1 atom stereocenters. The van der Waals surface area contributed by atoms with E-state index in [9.17, 15) is 9.90 Å². The number of fused-ring (bicyclic) bond motifs is 1. The van der Waals surface area contributed by atoms with Gasteiger partial charge in [-0.15, -0.1) is 10.2 Å². The third-order valence-electron chi connectivity index (χ3n) is 5.93. The number of aliphatic hydroxyl groups excluding tert-OH is 1. The molecule has 2 aromatic heterocycles. The van der Waals surface area contributed by atoms with Crippen LogP contribution in [0.1, 0.15) is 41.4 Å². The number of nitrogens with one attached hydrogen (secondary N) is 2. The Kier molecular flexibility index (Phi) is 5.54. The number of ketones is 1. The monoisotopic (exact) mass is 456 g/mol. The van der Waals surface area contributed by atoms with Crippen molar-refractivity contribution in [1.29, 1.82) is 0 Å². The number of hydrogen-bond donors (Lipinski definition) is 3. The third kappa shape index (κ3) is 4.13. The topological polar surface area (TPSA) is 126 Å². The van der Waals surface area contributed by atoms with Gasteiger partial charge in [0.25, 0.3) is 5.89 Å². The van der Waals surface area contributed by atoms with Crippen molar-refractivity contribution in [2.75, 3.05) is 17.2 Å². The van der Waals surface area contributed by atoms with Gasteiger partial charge in [-0.25, -0.2) is 4.98 Å². The van der Waals surface area contributed by atoms with Gasteiger partial charge in [-0.1, -0.05) is 44.2 Å². The van der Waals surface area contributed by atoms with Gasteiger partial charge < -0.3 is 20.2 Å². The number of nitrogens with zero attached hydrogens (tertiary/aromatic N) is 4. The first-order valence-corrected chi connectivity index (χ1v) is 11.0. The van der Waals surface area contributed by atoms with E-state index in [0.29, 0.717) is 23.8 Å². The molecule has 1 aliphatic carbocycles. The number of Topliss-reactive ketones (excluding diaryl/α,β-unsaturated/α-hetero) is 1. The van der Waals surface area contributed by atoms with Crippen molar-refractivity contribution < 1.29 is 14.3 Å². The quantitative estimate of drug-likeness (QED) is 0.375. The predicted octanol–water partition coefficient (Wildman–Crippen LogP) is 4.18. The van der Waals surface area contributed by atoms with Crippen molar-refractivity contribution in [3.63, 3.8) is 0 Å². The summed E-state index contributed by atoms with van der Waals surface area (Å²) in [5, 5.41) is 24.2. The Bertz CT molecular complexity index is 1320. The van der Waals surface area contributed by atoms with Crippen LogP contribution in [0.25, 0.3) is 11.5 Å². The van der Waals surface area contributed by atoms with E-state index in [2.05, 4.69) is 30.8 Å². The molecule has 0 fully saturated rings. The number of aromatic nitrogens is 4. The van der Waals surface area contributed by atoms with E-state index in [1.54, 1.807) is 6.20 Å². The van der Waals surface area contributed by atoms with Crippen LogP contribution >= 0.6 is 0 Å². The molecule has 4 aromatic rings. The smallest absolute Gasteiger partial charge is 0.252 e. The van der Waals surface area contributed by atoms with E-state index in [1.165, 1.54) is 6.39 Å². The van der Waals surface area contributed by atoms with Crippen molar-refractivity contribution in [3.05, 3.63) is 77.8 Å². The van der Waals surface area contributed by atoms with E-state index < -0.39 is 11.5 Å². The van der Waals surface area contributed by atoms with Crippen LogP contribution in [0.4, 0.5) is 17.5 Å². The van der Waals surface area contributed by atoms with Gasteiger partial charge in [0.2, 0.25) is 12.3 Å². The molecular formula is C25H24N6O3. The fourth-order valence-electron chi connectivity index (χ4n) is 4.17. The van der Waals surface area contributed by atoms with Gasteiger partial charge in [-0.3, -0.25) is 4.79 Å². The fourth-order valence-corrected chi connectivity index (χ4v) is 4.17. The molecule has 0 spiro atoms. The number of carbonyl (C=O) groups excluding carboxylic acids is 1. The molecule has 5 rings (SSSR count). The lowest BCUT2D eigenvalue weighted by molar-refractivity contribution is 0.0863. The van der Waals surface area contributed by atoms with Gasteiger partial charge in [-0.2, -0.15) is 4.98 Å². The lowest BCUT2D eigenvalue weighted by atomic mass is 9.89. The molecule has 34 heavy (non-hydrogen) atoms. The maximum Gasteiger partial charge on any atom is 0.252 e. The number of carbonyl (C=O) groups is 1. The van der Waals surface area contributed by atoms with Gasteiger partial charge in [0.1, 0.15) is 5.82 Å². The molecule has 1 aliphatic rings. The highest BCUT2D eigenvalue weighted by Gasteiger charge is 2.37. The standard InChI is InChI=1S/C25H24N6O3/c1-25(2)11-16-10-17(8-9-18(16)21(25)33)28-24-26-12-19(23-31-27-14-34-23)22(30-24)29-20(13-32)15-6-4-3-5-7-15/h3-10,12,14,20,32H,11,13H2,1-2H3,(H2,26,28,29,30)/t20-/m1/s1. The van der Waals surface area contributed by atoms with Crippen LogP contribution in [0.3, 0.4) is 0 Å².